The summed E-state index contributed by atoms with van der Waals surface area (Å²) in [5.41, 5.74) is 5.05. The molecule has 0 aliphatic heterocycles. The van der Waals surface area contributed by atoms with Gasteiger partial charge in [-0.05, 0) is 12.8 Å². The molecule has 1 fully saturated rings. The Labute approximate surface area is 42.6 Å². The van der Waals surface area contributed by atoms with Gasteiger partial charge < -0.3 is 10.8 Å². The zero-order chi connectivity index (χ0) is 5.49. The molecular formula is C5H9NO. The molecule has 1 aliphatic carbocycles. The van der Waals surface area contributed by atoms with E-state index in [1.165, 1.54) is 0 Å². The highest BCUT2D eigenvalue weighted by atomic mass is 16.3. The SMILES string of the molecule is C=C(O)C1(N)CC1. The van der Waals surface area contributed by atoms with Gasteiger partial charge in [-0.1, -0.05) is 6.58 Å². The molecule has 0 bridgehead atoms. The number of nitrogens with two attached hydrogens (primary N) is 1. The predicted molar refractivity (Wildman–Crippen MR) is 27.9 cm³/mol. The van der Waals surface area contributed by atoms with Crippen LogP contribution in [0, 0.1) is 0 Å². The first-order valence-electron chi connectivity index (χ1n) is 2.32. The fraction of sp³-hybridized carbons (Fsp3) is 0.600. The molecule has 2 nitrogen and oxygen atoms in total. The van der Waals surface area contributed by atoms with E-state index in [-0.39, 0.29) is 11.3 Å². The van der Waals surface area contributed by atoms with Crippen LogP contribution in [0.1, 0.15) is 12.8 Å². The molecule has 7 heavy (non-hydrogen) atoms. The van der Waals surface area contributed by atoms with Crippen molar-refractivity contribution >= 4 is 0 Å². The molecule has 0 heterocycles. The van der Waals surface area contributed by atoms with Crippen molar-refractivity contribution in [3.05, 3.63) is 12.3 Å². The zero-order valence-corrected chi connectivity index (χ0v) is 4.15. The van der Waals surface area contributed by atoms with Gasteiger partial charge in [0, 0.05) is 0 Å². The van der Waals surface area contributed by atoms with Gasteiger partial charge in [-0.3, -0.25) is 0 Å². The lowest BCUT2D eigenvalue weighted by Gasteiger charge is -2.02. The van der Waals surface area contributed by atoms with Gasteiger partial charge in [-0.15, -0.1) is 0 Å². The molecule has 0 aromatic carbocycles. The lowest BCUT2D eigenvalue weighted by molar-refractivity contribution is 0.362. The van der Waals surface area contributed by atoms with E-state index in [2.05, 4.69) is 6.58 Å². The minimum atomic E-state index is -0.389. The van der Waals surface area contributed by atoms with Crippen molar-refractivity contribution in [2.75, 3.05) is 0 Å². The summed E-state index contributed by atoms with van der Waals surface area (Å²) in [5, 5.41) is 8.63. The highest BCUT2D eigenvalue weighted by molar-refractivity contribution is 5.17. The summed E-state index contributed by atoms with van der Waals surface area (Å²) in [6.45, 7) is 3.32. The van der Waals surface area contributed by atoms with Crippen LogP contribution in [-0.2, 0) is 0 Å². The molecule has 0 aromatic heterocycles. The first-order valence-corrected chi connectivity index (χ1v) is 2.32. The Morgan fingerprint density at radius 2 is 2.14 bits per heavy atom. The molecule has 2 heteroatoms. The van der Waals surface area contributed by atoms with Crippen LogP contribution in [-0.4, -0.2) is 10.6 Å². The number of rotatable bonds is 1. The fourth-order valence-corrected chi connectivity index (χ4v) is 0.423. The summed E-state index contributed by atoms with van der Waals surface area (Å²) in [5.74, 6) is 0.132. The third kappa shape index (κ3) is 0.611. The van der Waals surface area contributed by atoms with Crippen molar-refractivity contribution in [3.8, 4) is 0 Å². The quantitative estimate of drug-likeness (QED) is 0.471. The molecule has 0 atom stereocenters. The first kappa shape index (κ1) is 4.65. The maximum Gasteiger partial charge on any atom is 0.105 e. The second kappa shape index (κ2) is 1.01. The molecule has 1 saturated carbocycles. The van der Waals surface area contributed by atoms with Crippen molar-refractivity contribution < 1.29 is 5.11 Å². The van der Waals surface area contributed by atoms with Crippen LogP contribution in [0.3, 0.4) is 0 Å². The maximum absolute atomic E-state index is 8.63. The maximum atomic E-state index is 8.63. The van der Waals surface area contributed by atoms with E-state index in [0.717, 1.165) is 12.8 Å². The molecule has 0 unspecified atom stereocenters. The van der Waals surface area contributed by atoms with E-state index in [1.54, 1.807) is 0 Å². The Bertz CT molecular complexity index is 105. The summed E-state index contributed by atoms with van der Waals surface area (Å²) >= 11 is 0. The van der Waals surface area contributed by atoms with Crippen molar-refractivity contribution in [2.24, 2.45) is 5.73 Å². The van der Waals surface area contributed by atoms with E-state index in [4.69, 9.17) is 10.8 Å². The van der Waals surface area contributed by atoms with Crippen LogP contribution in [0.2, 0.25) is 0 Å². The molecular weight excluding hydrogens is 90.1 g/mol. The Morgan fingerprint density at radius 1 is 1.71 bits per heavy atom. The number of aliphatic hydroxyl groups is 1. The summed E-state index contributed by atoms with van der Waals surface area (Å²) in [7, 11) is 0. The minimum Gasteiger partial charge on any atom is -0.511 e. The number of hydrogen-bond donors (Lipinski definition) is 2. The standard InChI is InChI=1S/C5H9NO/c1-4(7)5(6)2-3-5/h7H,1-3,6H2. The molecule has 0 aromatic rings. The summed E-state index contributed by atoms with van der Waals surface area (Å²) in [6.07, 6.45) is 1.78. The van der Waals surface area contributed by atoms with Gasteiger partial charge in [0.2, 0.25) is 0 Å². The van der Waals surface area contributed by atoms with Crippen LogP contribution in [0.5, 0.6) is 0 Å². The highest BCUT2D eigenvalue weighted by Crippen LogP contribution is 2.36. The smallest absolute Gasteiger partial charge is 0.105 e. The summed E-state index contributed by atoms with van der Waals surface area (Å²) < 4.78 is 0. The molecule has 40 valence electrons. The molecule has 1 rings (SSSR count). The average molecular weight is 99.1 g/mol. The van der Waals surface area contributed by atoms with E-state index >= 15 is 0 Å². The van der Waals surface area contributed by atoms with Gasteiger partial charge in [0.05, 0.1) is 5.54 Å². The van der Waals surface area contributed by atoms with Gasteiger partial charge in [0.15, 0.2) is 0 Å². The van der Waals surface area contributed by atoms with Crippen molar-refractivity contribution in [1.82, 2.24) is 0 Å². The van der Waals surface area contributed by atoms with Gasteiger partial charge in [0.25, 0.3) is 0 Å². The fourth-order valence-electron chi connectivity index (χ4n) is 0.423. The topological polar surface area (TPSA) is 46.2 Å². The molecule has 0 saturated heterocycles. The second-order valence-corrected chi connectivity index (χ2v) is 2.10. The van der Waals surface area contributed by atoms with E-state index < -0.39 is 0 Å². The second-order valence-electron chi connectivity index (χ2n) is 2.10. The van der Waals surface area contributed by atoms with E-state index in [1.807, 2.05) is 0 Å². The monoisotopic (exact) mass is 99.1 g/mol. The predicted octanol–water partition coefficient (Wildman–Crippen LogP) is 0.549. The Balaban J connectivity index is 2.55. The Kier molecular flexibility index (Phi) is 0.672. The third-order valence-electron chi connectivity index (χ3n) is 1.36. The summed E-state index contributed by atoms with van der Waals surface area (Å²) in [4.78, 5) is 0. The third-order valence-corrected chi connectivity index (χ3v) is 1.36. The highest BCUT2D eigenvalue weighted by Gasteiger charge is 2.41. The van der Waals surface area contributed by atoms with Crippen LogP contribution in [0.4, 0.5) is 0 Å². The molecule has 1 aliphatic rings. The van der Waals surface area contributed by atoms with Gasteiger partial charge >= 0.3 is 0 Å². The van der Waals surface area contributed by atoms with Gasteiger partial charge in [-0.2, -0.15) is 0 Å². The largest absolute Gasteiger partial charge is 0.511 e. The van der Waals surface area contributed by atoms with Crippen LogP contribution in [0.25, 0.3) is 0 Å². The zero-order valence-electron chi connectivity index (χ0n) is 4.15. The summed E-state index contributed by atoms with van der Waals surface area (Å²) in [6, 6.07) is 0. The van der Waals surface area contributed by atoms with Crippen LogP contribution >= 0.6 is 0 Å². The average Bonchev–Trinajstić information content (AvgIpc) is 2.21. The van der Waals surface area contributed by atoms with E-state index in [0.29, 0.717) is 0 Å². The number of hydrogen-bond acceptors (Lipinski definition) is 2. The van der Waals surface area contributed by atoms with Gasteiger partial charge in [-0.25, -0.2) is 0 Å². The Hall–Kier alpha value is -0.500. The van der Waals surface area contributed by atoms with Gasteiger partial charge in [0.1, 0.15) is 5.76 Å². The van der Waals surface area contributed by atoms with Crippen LogP contribution in [0.15, 0.2) is 12.3 Å². The van der Waals surface area contributed by atoms with Crippen LogP contribution < -0.4 is 5.73 Å². The molecule has 3 N–H and O–H groups in total. The minimum absolute atomic E-state index is 0.132. The first-order chi connectivity index (χ1) is 3.15. The molecule has 0 amide bonds. The lowest BCUT2D eigenvalue weighted by Crippen LogP contribution is -2.23. The normalized spacial score (nSPS) is 24.1. The van der Waals surface area contributed by atoms with Crippen molar-refractivity contribution in [1.29, 1.82) is 0 Å². The molecule has 0 spiro atoms. The van der Waals surface area contributed by atoms with Crippen molar-refractivity contribution in [3.63, 3.8) is 0 Å². The lowest BCUT2D eigenvalue weighted by atomic mass is 10.3. The number of aliphatic hydroxyl groups excluding tert-OH is 1. The molecule has 0 radical (unpaired) electrons. The van der Waals surface area contributed by atoms with E-state index in [9.17, 15) is 0 Å². The van der Waals surface area contributed by atoms with Crippen molar-refractivity contribution in [2.45, 2.75) is 18.4 Å². The Morgan fingerprint density at radius 3 is 2.14 bits per heavy atom.